The maximum Gasteiger partial charge on any atom is 0.0687 e. The molecule has 0 heterocycles. The van der Waals surface area contributed by atoms with Gasteiger partial charge in [-0.1, -0.05) is 38.1 Å². The summed E-state index contributed by atoms with van der Waals surface area (Å²) in [5.41, 5.74) is 2.91. The molecule has 1 aliphatic rings. The lowest BCUT2D eigenvalue weighted by Crippen LogP contribution is -2.38. The van der Waals surface area contributed by atoms with E-state index in [1.807, 2.05) is 0 Å². The van der Waals surface area contributed by atoms with E-state index in [9.17, 15) is 5.11 Å². The van der Waals surface area contributed by atoms with Crippen LogP contribution in [-0.4, -0.2) is 23.8 Å². The number of fused-ring (bicyclic) bond motifs is 1. The average Bonchev–Trinajstić information content (AvgIpc) is 2.68. The Kier molecular flexibility index (Phi) is 3.62. The number of hydrogen-bond donors (Lipinski definition) is 2. The number of aliphatic hydroxyl groups excluding tert-OH is 1. The summed E-state index contributed by atoms with van der Waals surface area (Å²) in [5, 5.41) is 13.2. The molecule has 1 atom stereocenters. The van der Waals surface area contributed by atoms with Crippen molar-refractivity contribution in [1.82, 2.24) is 5.32 Å². The monoisotopic (exact) mass is 219 g/mol. The van der Waals surface area contributed by atoms with Crippen LogP contribution in [0.1, 0.15) is 25.0 Å². The van der Waals surface area contributed by atoms with Crippen molar-refractivity contribution < 1.29 is 5.11 Å². The van der Waals surface area contributed by atoms with Gasteiger partial charge in [0.15, 0.2) is 0 Å². The molecule has 1 aromatic carbocycles. The van der Waals surface area contributed by atoms with E-state index in [0.29, 0.717) is 18.5 Å². The smallest absolute Gasteiger partial charge is 0.0687 e. The minimum atomic E-state index is -0.233. The second kappa shape index (κ2) is 4.98. The molecule has 0 fully saturated rings. The Hall–Kier alpha value is -0.860. The van der Waals surface area contributed by atoms with Crippen LogP contribution in [0.5, 0.6) is 0 Å². The van der Waals surface area contributed by atoms with Gasteiger partial charge in [0, 0.05) is 12.6 Å². The first kappa shape index (κ1) is 11.6. The number of benzene rings is 1. The first-order chi connectivity index (χ1) is 7.66. The van der Waals surface area contributed by atoms with Gasteiger partial charge in [0.25, 0.3) is 0 Å². The highest BCUT2D eigenvalue weighted by molar-refractivity contribution is 5.33. The Balaban J connectivity index is 1.83. The van der Waals surface area contributed by atoms with Crippen LogP contribution in [-0.2, 0) is 12.8 Å². The SMILES string of the molecule is CC(C)C(O)CNC1Cc2ccccc2C1. The molecule has 1 unspecified atom stereocenters. The summed E-state index contributed by atoms with van der Waals surface area (Å²) in [4.78, 5) is 0. The third-order valence-electron chi connectivity index (χ3n) is 3.44. The average molecular weight is 219 g/mol. The van der Waals surface area contributed by atoms with Crippen LogP contribution in [0.2, 0.25) is 0 Å². The van der Waals surface area contributed by atoms with E-state index in [2.05, 4.69) is 43.4 Å². The van der Waals surface area contributed by atoms with Crippen molar-refractivity contribution in [3.8, 4) is 0 Å². The Bertz CT molecular complexity index is 323. The molecule has 2 nitrogen and oxygen atoms in total. The molecule has 0 spiro atoms. The molecular weight excluding hydrogens is 198 g/mol. The quantitative estimate of drug-likeness (QED) is 0.809. The number of nitrogens with one attached hydrogen (secondary N) is 1. The summed E-state index contributed by atoms with van der Waals surface area (Å²) in [7, 11) is 0. The second-order valence-corrected chi connectivity index (χ2v) is 5.09. The first-order valence-electron chi connectivity index (χ1n) is 6.15. The van der Waals surface area contributed by atoms with Gasteiger partial charge in [-0.2, -0.15) is 0 Å². The maximum atomic E-state index is 9.74. The summed E-state index contributed by atoms with van der Waals surface area (Å²) in [5.74, 6) is 0.330. The molecule has 0 saturated carbocycles. The molecule has 0 amide bonds. The molecule has 1 aliphatic carbocycles. The largest absolute Gasteiger partial charge is 0.392 e. The number of aliphatic hydroxyl groups is 1. The minimum Gasteiger partial charge on any atom is -0.392 e. The van der Waals surface area contributed by atoms with Crippen molar-refractivity contribution >= 4 is 0 Å². The lowest BCUT2D eigenvalue weighted by Gasteiger charge is -2.18. The summed E-state index contributed by atoms with van der Waals surface area (Å²) in [6, 6.07) is 9.12. The van der Waals surface area contributed by atoms with E-state index in [0.717, 1.165) is 12.8 Å². The molecule has 0 radical (unpaired) electrons. The zero-order valence-corrected chi connectivity index (χ0v) is 10.1. The van der Waals surface area contributed by atoms with Crippen LogP contribution in [0, 0.1) is 5.92 Å². The van der Waals surface area contributed by atoms with Gasteiger partial charge < -0.3 is 10.4 Å². The molecule has 1 aromatic rings. The van der Waals surface area contributed by atoms with Crippen molar-refractivity contribution in [3.05, 3.63) is 35.4 Å². The predicted molar refractivity (Wildman–Crippen MR) is 66.5 cm³/mol. The maximum absolute atomic E-state index is 9.74. The molecule has 0 bridgehead atoms. The lowest BCUT2D eigenvalue weighted by atomic mass is 10.1. The van der Waals surface area contributed by atoms with E-state index in [1.165, 1.54) is 11.1 Å². The van der Waals surface area contributed by atoms with Gasteiger partial charge in [-0.3, -0.25) is 0 Å². The van der Waals surface area contributed by atoms with E-state index >= 15 is 0 Å². The Morgan fingerprint density at radius 2 is 1.81 bits per heavy atom. The summed E-state index contributed by atoms with van der Waals surface area (Å²) < 4.78 is 0. The predicted octanol–water partition coefficient (Wildman–Crippen LogP) is 1.76. The number of rotatable bonds is 4. The second-order valence-electron chi connectivity index (χ2n) is 5.09. The lowest BCUT2D eigenvalue weighted by molar-refractivity contribution is 0.120. The highest BCUT2D eigenvalue weighted by Gasteiger charge is 2.21. The zero-order chi connectivity index (χ0) is 11.5. The number of hydrogen-bond acceptors (Lipinski definition) is 2. The Labute approximate surface area is 97.7 Å². The van der Waals surface area contributed by atoms with Crippen LogP contribution < -0.4 is 5.32 Å². The van der Waals surface area contributed by atoms with E-state index in [-0.39, 0.29) is 6.10 Å². The summed E-state index contributed by atoms with van der Waals surface area (Å²) in [6.07, 6.45) is 1.96. The molecular formula is C14H21NO. The highest BCUT2D eigenvalue weighted by Crippen LogP contribution is 2.21. The van der Waals surface area contributed by atoms with Crippen LogP contribution in [0.3, 0.4) is 0 Å². The Morgan fingerprint density at radius 3 is 2.31 bits per heavy atom. The topological polar surface area (TPSA) is 32.3 Å². The van der Waals surface area contributed by atoms with Crippen LogP contribution >= 0.6 is 0 Å². The third-order valence-corrected chi connectivity index (χ3v) is 3.44. The van der Waals surface area contributed by atoms with Gasteiger partial charge >= 0.3 is 0 Å². The minimum absolute atomic E-state index is 0.233. The highest BCUT2D eigenvalue weighted by atomic mass is 16.3. The third kappa shape index (κ3) is 2.63. The van der Waals surface area contributed by atoms with Crippen molar-refractivity contribution in [2.75, 3.05) is 6.54 Å². The fourth-order valence-corrected chi connectivity index (χ4v) is 2.23. The van der Waals surface area contributed by atoms with Crippen LogP contribution in [0.15, 0.2) is 24.3 Å². The molecule has 0 aromatic heterocycles. The van der Waals surface area contributed by atoms with Gasteiger partial charge in [-0.25, -0.2) is 0 Å². The van der Waals surface area contributed by atoms with Gasteiger partial charge in [-0.15, -0.1) is 0 Å². The van der Waals surface area contributed by atoms with Crippen molar-refractivity contribution in [3.63, 3.8) is 0 Å². The van der Waals surface area contributed by atoms with Crippen molar-refractivity contribution in [2.24, 2.45) is 5.92 Å². The summed E-state index contributed by atoms with van der Waals surface area (Å²) >= 11 is 0. The van der Waals surface area contributed by atoms with Crippen LogP contribution in [0.25, 0.3) is 0 Å². The normalized spacial score (nSPS) is 17.8. The summed E-state index contributed by atoms with van der Waals surface area (Å²) in [6.45, 7) is 4.81. The first-order valence-corrected chi connectivity index (χ1v) is 6.15. The molecule has 2 N–H and O–H groups in total. The van der Waals surface area contributed by atoms with E-state index in [4.69, 9.17) is 0 Å². The van der Waals surface area contributed by atoms with Crippen LogP contribution in [0.4, 0.5) is 0 Å². The molecule has 2 rings (SSSR count). The zero-order valence-electron chi connectivity index (χ0n) is 10.1. The molecule has 88 valence electrons. The van der Waals surface area contributed by atoms with E-state index in [1.54, 1.807) is 0 Å². The Morgan fingerprint density at radius 1 is 1.25 bits per heavy atom. The fourth-order valence-electron chi connectivity index (χ4n) is 2.23. The standard InChI is InChI=1S/C14H21NO/c1-10(2)14(16)9-15-13-7-11-5-3-4-6-12(11)8-13/h3-6,10,13-16H,7-9H2,1-2H3. The fraction of sp³-hybridized carbons (Fsp3) is 0.571. The van der Waals surface area contributed by atoms with Gasteiger partial charge in [0.2, 0.25) is 0 Å². The molecule has 0 saturated heterocycles. The molecule has 2 heteroatoms. The molecule has 16 heavy (non-hydrogen) atoms. The van der Waals surface area contributed by atoms with Crippen molar-refractivity contribution in [1.29, 1.82) is 0 Å². The van der Waals surface area contributed by atoms with Gasteiger partial charge in [0.05, 0.1) is 6.10 Å². The molecule has 0 aliphatic heterocycles. The van der Waals surface area contributed by atoms with Gasteiger partial charge in [-0.05, 0) is 29.9 Å². The van der Waals surface area contributed by atoms with Gasteiger partial charge in [0.1, 0.15) is 0 Å². The van der Waals surface area contributed by atoms with Crippen molar-refractivity contribution in [2.45, 2.75) is 38.8 Å². The van der Waals surface area contributed by atoms with E-state index < -0.39 is 0 Å².